The smallest absolute Gasteiger partial charge is 0.0939 e. The minimum Gasteiger partial charge on any atom is -0.262 e. The van der Waals surface area contributed by atoms with Crippen molar-refractivity contribution in [2.24, 2.45) is 12.5 Å². The van der Waals surface area contributed by atoms with Crippen molar-refractivity contribution < 1.29 is 0 Å². The van der Waals surface area contributed by atoms with Crippen LogP contribution in [0.2, 0.25) is 0 Å². The largest absolute Gasteiger partial charge is 0.262 e. The zero-order chi connectivity index (χ0) is 11.6. The van der Waals surface area contributed by atoms with Gasteiger partial charge in [0.1, 0.15) is 0 Å². The predicted octanol–water partition coefficient (Wildman–Crippen LogP) is 3.78. The monoisotopic (exact) mass is 302 g/mol. The lowest BCUT2D eigenvalue weighted by molar-refractivity contribution is 0.405. The minimum absolute atomic E-state index is 0.531. The molecule has 0 radical (unpaired) electrons. The van der Waals surface area contributed by atoms with Gasteiger partial charge in [0.25, 0.3) is 0 Å². The third-order valence-corrected chi connectivity index (χ3v) is 6.06. The van der Waals surface area contributed by atoms with Crippen molar-refractivity contribution in [2.75, 3.05) is 11.1 Å². The van der Waals surface area contributed by atoms with Crippen LogP contribution in [0.5, 0.6) is 0 Å². The van der Waals surface area contributed by atoms with Gasteiger partial charge in [-0.25, -0.2) is 0 Å². The summed E-state index contributed by atoms with van der Waals surface area (Å²) in [6.07, 6.45) is 5.55. The van der Waals surface area contributed by atoms with E-state index >= 15 is 0 Å². The molecule has 1 saturated carbocycles. The topological polar surface area (TPSA) is 17.8 Å². The van der Waals surface area contributed by atoms with Gasteiger partial charge in [-0.1, -0.05) is 28.8 Å². The number of aromatic nitrogens is 2. The summed E-state index contributed by atoms with van der Waals surface area (Å²) < 4.78 is 2.00. The summed E-state index contributed by atoms with van der Waals surface area (Å²) in [6, 6.07) is 2.18. The lowest BCUT2D eigenvalue weighted by Gasteiger charge is -2.25. The van der Waals surface area contributed by atoms with Crippen molar-refractivity contribution in [3.63, 3.8) is 0 Å². The van der Waals surface area contributed by atoms with E-state index in [0.29, 0.717) is 5.41 Å². The van der Waals surface area contributed by atoms with Gasteiger partial charge in [0.15, 0.2) is 0 Å². The molecule has 1 aromatic heterocycles. The molecule has 0 unspecified atom stereocenters. The van der Waals surface area contributed by atoms with Crippen molar-refractivity contribution in [3.05, 3.63) is 11.8 Å². The Balaban J connectivity index is 1.98. The first kappa shape index (κ1) is 12.5. The quantitative estimate of drug-likeness (QED) is 0.622. The lowest BCUT2D eigenvalue weighted by atomic mass is 9.92. The standard InChI is InChI=1S/C12H19BrN2S/c1-10-7-11(15(2)14-10)16-9-12(8-13)5-3-4-6-12/h7H,3-6,8-9H2,1-2H3. The van der Waals surface area contributed by atoms with Gasteiger partial charge in [0, 0.05) is 18.1 Å². The average Bonchev–Trinajstić information content (AvgIpc) is 2.84. The van der Waals surface area contributed by atoms with Crippen LogP contribution in [0, 0.1) is 12.3 Å². The number of alkyl halides is 1. The highest BCUT2D eigenvalue weighted by atomic mass is 79.9. The van der Waals surface area contributed by atoms with E-state index in [1.165, 1.54) is 36.5 Å². The van der Waals surface area contributed by atoms with Crippen LogP contribution in [0.4, 0.5) is 0 Å². The van der Waals surface area contributed by atoms with E-state index < -0.39 is 0 Å². The molecule has 1 aliphatic carbocycles. The van der Waals surface area contributed by atoms with E-state index in [9.17, 15) is 0 Å². The lowest BCUT2D eigenvalue weighted by Crippen LogP contribution is -2.21. The second kappa shape index (κ2) is 5.13. The van der Waals surface area contributed by atoms with Crippen LogP contribution in [-0.4, -0.2) is 20.9 Å². The Morgan fingerprint density at radius 3 is 2.69 bits per heavy atom. The summed E-state index contributed by atoms with van der Waals surface area (Å²) in [5.41, 5.74) is 1.65. The molecule has 1 aromatic rings. The molecule has 0 N–H and O–H groups in total. The highest BCUT2D eigenvalue weighted by Crippen LogP contribution is 2.43. The zero-order valence-corrected chi connectivity index (χ0v) is 12.4. The number of halogens is 1. The van der Waals surface area contributed by atoms with Gasteiger partial charge in [0.05, 0.1) is 10.7 Å². The molecule has 0 bridgehead atoms. The molecule has 0 aromatic carbocycles. The van der Waals surface area contributed by atoms with E-state index in [0.717, 1.165) is 11.0 Å². The summed E-state index contributed by atoms with van der Waals surface area (Å²) in [4.78, 5) is 0. The Kier molecular flexibility index (Phi) is 4.01. The van der Waals surface area contributed by atoms with Gasteiger partial charge >= 0.3 is 0 Å². The van der Waals surface area contributed by atoms with Crippen LogP contribution in [-0.2, 0) is 7.05 Å². The fourth-order valence-electron chi connectivity index (χ4n) is 2.39. The Labute approximate surface area is 110 Å². The zero-order valence-electron chi connectivity index (χ0n) is 10.0. The minimum atomic E-state index is 0.531. The van der Waals surface area contributed by atoms with Crippen LogP contribution in [0.3, 0.4) is 0 Å². The van der Waals surface area contributed by atoms with Gasteiger partial charge < -0.3 is 0 Å². The van der Waals surface area contributed by atoms with Crippen molar-refractivity contribution >= 4 is 27.7 Å². The molecule has 0 aliphatic heterocycles. The number of thioether (sulfide) groups is 1. The Hall–Kier alpha value is 0.0400. The SMILES string of the molecule is Cc1cc(SCC2(CBr)CCCC2)n(C)n1. The molecule has 1 aliphatic rings. The molecular formula is C12H19BrN2S. The third-order valence-electron chi connectivity index (χ3n) is 3.43. The molecular weight excluding hydrogens is 284 g/mol. The van der Waals surface area contributed by atoms with E-state index in [-0.39, 0.29) is 0 Å². The molecule has 16 heavy (non-hydrogen) atoms. The fourth-order valence-corrected chi connectivity index (χ4v) is 4.74. The van der Waals surface area contributed by atoms with Gasteiger partial charge in [-0.3, -0.25) is 4.68 Å². The fraction of sp³-hybridized carbons (Fsp3) is 0.750. The van der Waals surface area contributed by atoms with Gasteiger partial charge in [-0.2, -0.15) is 5.10 Å². The van der Waals surface area contributed by atoms with Crippen LogP contribution < -0.4 is 0 Å². The number of rotatable bonds is 4. The molecule has 0 atom stereocenters. The summed E-state index contributed by atoms with van der Waals surface area (Å²) in [6.45, 7) is 2.06. The number of nitrogens with zero attached hydrogens (tertiary/aromatic N) is 2. The van der Waals surface area contributed by atoms with E-state index in [4.69, 9.17) is 0 Å². The Morgan fingerprint density at radius 1 is 1.50 bits per heavy atom. The summed E-state index contributed by atoms with van der Waals surface area (Å²) in [5.74, 6) is 1.22. The van der Waals surface area contributed by atoms with Crippen molar-refractivity contribution in [1.82, 2.24) is 9.78 Å². The van der Waals surface area contributed by atoms with E-state index in [2.05, 4.69) is 34.0 Å². The maximum Gasteiger partial charge on any atom is 0.0939 e. The normalized spacial score (nSPS) is 19.2. The summed E-state index contributed by atoms with van der Waals surface area (Å²) in [7, 11) is 2.03. The first-order valence-corrected chi connectivity index (χ1v) is 7.95. The maximum atomic E-state index is 4.39. The summed E-state index contributed by atoms with van der Waals surface area (Å²) in [5, 5.41) is 6.83. The molecule has 2 rings (SSSR count). The highest BCUT2D eigenvalue weighted by Gasteiger charge is 2.32. The molecule has 90 valence electrons. The Morgan fingerprint density at radius 2 is 2.19 bits per heavy atom. The number of hydrogen-bond acceptors (Lipinski definition) is 2. The maximum absolute atomic E-state index is 4.39. The van der Waals surface area contributed by atoms with E-state index in [1.54, 1.807) is 0 Å². The molecule has 2 nitrogen and oxygen atoms in total. The van der Waals surface area contributed by atoms with Gasteiger partial charge in [-0.15, -0.1) is 11.8 Å². The second-order valence-corrected chi connectivity index (χ2v) is 6.43. The van der Waals surface area contributed by atoms with Crippen LogP contribution in [0.15, 0.2) is 11.1 Å². The number of hydrogen-bond donors (Lipinski definition) is 0. The molecule has 1 heterocycles. The Bertz CT molecular complexity index is 356. The van der Waals surface area contributed by atoms with Crippen molar-refractivity contribution in [2.45, 2.75) is 37.6 Å². The second-order valence-electron chi connectivity index (χ2n) is 4.88. The van der Waals surface area contributed by atoms with Crippen molar-refractivity contribution in [1.29, 1.82) is 0 Å². The molecule has 1 fully saturated rings. The van der Waals surface area contributed by atoms with Crippen LogP contribution in [0.25, 0.3) is 0 Å². The first-order valence-electron chi connectivity index (χ1n) is 5.85. The van der Waals surface area contributed by atoms with Crippen LogP contribution >= 0.6 is 27.7 Å². The summed E-state index contributed by atoms with van der Waals surface area (Å²) >= 11 is 5.65. The predicted molar refractivity (Wildman–Crippen MR) is 73.4 cm³/mol. The van der Waals surface area contributed by atoms with Gasteiger partial charge in [0.2, 0.25) is 0 Å². The molecule has 0 spiro atoms. The van der Waals surface area contributed by atoms with Crippen molar-refractivity contribution in [3.8, 4) is 0 Å². The van der Waals surface area contributed by atoms with Gasteiger partial charge in [-0.05, 0) is 31.2 Å². The number of aryl methyl sites for hydroxylation is 2. The van der Waals surface area contributed by atoms with Crippen LogP contribution in [0.1, 0.15) is 31.4 Å². The first-order chi connectivity index (χ1) is 7.65. The average molecular weight is 303 g/mol. The van der Waals surface area contributed by atoms with E-state index in [1.807, 2.05) is 23.5 Å². The highest BCUT2D eigenvalue weighted by molar-refractivity contribution is 9.09. The molecule has 4 heteroatoms. The molecule has 0 amide bonds. The molecule has 0 saturated heterocycles. The third kappa shape index (κ3) is 2.65.